The van der Waals surface area contributed by atoms with Gasteiger partial charge in [-0.2, -0.15) is 0 Å². The summed E-state index contributed by atoms with van der Waals surface area (Å²) >= 11 is 0. The highest BCUT2D eigenvalue weighted by Gasteiger charge is 2.60. The molecule has 1 heterocycles. The summed E-state index contributed by atoms with van der Waals surface area (Å²) in [5.41, 5.74) is 4.28. The number of aliphatic hydroxyl groups excluding tert-OH is 2. The number of phenols is 1. The lowest BCUT2D eigenvalue weighted by molar-refractivity contribution is -0.147. The van der Waals surface area contributed by atoms with E-state index in [1.54, 1.807) is 18.5 Å². The SMILES string of the molecule is NC(=O)C1=C(O)[C@@]2(O)C(=O)C3=C(O)c4c(O)ccc(CNCc5ccncc5)c4C[C@H]3C[C@H]2CC1=O. The zero-order chi connectivity index (χ0) is 25.8. The van der Waals surface area contributed by atoms with Crippen LogP contribution < -0.4 is 11.1 Å². The molecule has 2 aromatic rings. The van der Waals surface area contributed by atoms with Gasteiger partial charge in [0.05, 0.1) is 5.56 Å². The van der Waals surface area contributed by atoms with Crippen LogP contribution in [0.5, 0.6) is 5.75 Å². The van der Waals surface area contributed by atoms with Gasteiger partial charge in [0.2, 0.25) is 5.78 Å². The van der Waals surface area contributed by atoms with Crippen molar-refractivity contribution in [3.05, 3.63) is 75.8 Å². The molecule has 0 spiro atoms. The number of aromatic hydroxyl groups is 1. The molecule has 1 amide bonds. The molecule has 1 aromatic heterocycles. The fraction of sp³-hybridized carbons (Fsp3) is 0.308. The lowest BCUT2D eigenvalue weighted by Gasteiger charge is -2.46. The number of hydrogen-bond donors (Lipinski definition) is 6. The second kappa shape index (κ2) is 8.58. The average Bonchev–Trinajstić information content (AvgIpc) is 2.83. The third kappa shape index (κ3) is 3.49. The Morgan fingerprint density at radius 2 is 1.81 bits per heavy atom. The van der Waals surface area contributed by atoms with E-state index >= 15 is 0 Å². The van der Waals surface area contributed by atoms with E-state index < -0.39 is 52.0 Å². The number of fused-ring (bicyclic) bond motifs is 3. The molecule has 0 unspecified atom stereocenters. The number of benzene rings is 1. The van der Waals surface area contributed by atoms with Crippen LogP contribution in [0.1, 0.15) is 35.1 Å². The van der Waals surface area contributed by atoms with Crippen molar-refractivity contribution in [1.29, 1.82) is 0 Å². The Hall–Kier alpha value is -4.02. The van der Waals surface area contributed by atoms with Crippen LogP contribution in [0.4, 0.5) is 0 Å². The number of nitrogens with zero attached hydrogens (tertiary/aromatic N) is 1. The average molecular weight is 492 g/mol. The number of nitrogens with one attached hydrogen (secondary N) is 1. The number of pyridine rings is 1. The number of hydrogen-bond acceptors (Lipinski definition) is 9. The Bertz CT molecular complexity index is 1370. The Morgan fingerprint density at radius 3 is 2.50 bits per heavy atom. The molecule has 186 valence electrons. The van der Waals surface area contributed by atoms with Gasteiger partial charge < -0.3 is 31.5 Å². The fourth-order valence-corrected chi connectivity index (χ4v) is 5.69. The zero-order valence-corrected chi connectivity index (χ0v) is 19.2. The lowest BCUT2D eigenvalue weighted by atomic mass is 9.59. The number of primary amides is 1. The number of amides is 1. The second-order valence-corrected chi connectivity index (χ2v) is 9.46. The molecule has 1 saturated carbocycles. The molecule has 10 nitrogen and oxygen atoms in total. The number of aliphatic hydroxyl groups is 3. The van der Waals surface area contributed by atoms with Crippen LogP contribution in [0.2, 0.25) is 0 Å². The molecule has 10 heteroatoms. The maximum absolute atomic E-state index is 13.5. The summed E-state index contributed by atoms with van der Waals surface area (Å²) in [5.74, 6) is -6.34. The third-order valence-corrected chi connectivity index (χ3v) is 7.44. The largest absolute Gasteiger partial charge is 0.508 e. The molecular weight excluding hydrogens is 466 g/mol. The number of ketones is 2. The first-order chi connectivity index (χ1) is 17.1. The Kier molecular flexibility index (Phi) is 5.65. The summed E-state index contributed by atoms with van der Waals surface area (Å²) in [7, 11) is 0. The Labute approximate surface area is 205 Å². The normalized spacial score (nSPS) is 25.4. The van der Waals surface area contributed by atoms with Crippen LogP contribution in [-0.2, 0) is 33.9 Å². The molecule has 36 heavy (non-hydrogen) atoms. The van der Waals surface area contributed by atoms with Crippen LogP contribution >= 0.6 is 0 Å². The maximum atomic E-state index is 13.5. The quantitative estimate of drug-likeness (QED) is 0.334. The number of phenolic OH excluding ortho intramolecular Hbond substituents is 1. The molecule has 1 fully saturated rings. The van der Waals surface area contributed by atoms with Gasteiger partial charge in [0.15, 0.2) is 11.4 Å². The van der Waals surface area contributed by atoms with Crippen molar-refractivity contribution in [2.45, 2.75) is 38.0 Å². The van der Waals surface area contributed by atoms with E-state index in [1.165, 1.54) is 6.07 Å². The molecule has 3 aliphatic rings. The minimum Gasteiger partial charge on any atom is -0.508 e. The van der Waals surface area contributed by atoms with Gasteiger partial charge in [-0.15, -0.1) is 0 Å². The van der Waals surface area contributed by atoms with Gasteiger partial charge in [-0.1, -0.05) is 6.07 Å². The van der Waals surface area contributed by atoms with Gasteiger partial charge in [-0.3, -0.25) is 19.4 Å². The molecule has 3 aliphatic carbocycles. The smallest absolute Gasteiger partial charge is 0.255 e. The zero-order valence-electron chi connectivity index (χ0n) is 19.2. The van der Waals surface area contributed by atoms with Gasteiger partial charge in [0, 0.05) is 43.4 Å². The molecule has 0 saturated heterocycles. The predicted molar refractivity (Wildman–Crippen MR) is 126 cm³/mol. The number of aromatic nitrogens is 1. The lowest BCUT2D eigenvalue weighted by Crippen LogP contribution is -2.58. The molecule has 0 aliphatic heterocycles. The van der Waals surface area contributed by atoms with Gasteiger partial charge in [-0.25, -0.2) is 0 Å². The van der Waals surface area contributed by atoms with Crippen molar-refractivity contribution >= 4 is 23.2 Å². The number of carbonyl (C=O) groups excluding carboxylic acids is 3. The third-order valence-electron chi connectivity index (χ3n) is 7.44. The van der Waals surface area contributed by atoms with Crippen molar-refractivity contribution in [2.24, 2.45) is 17.6 Å². The summed E-state index contributed by atoms with van der Waals surface area (Å²) in [6, 6.07) is 6.93. The maximum Gasteiger partial charge on any atom is 0.255 e. The van der Waals surface area contributed by atoms with E-state index in [1.807, 2.05) is 12.1 Å². The minimum atomic E-state index is -2.56. The Balaban J connectivity index is 1.53. The first-order valence-corrected chi connectivity index (χ1v) is 11.5. The van der Waals surface area contributed by atoms with Crippen LogP contribution in [-0.4, -0.2) is 48.5 Å². The predicted octanol–water partition coefficient (Wildman–Crippen LogP) is 1.11. The van der Waals surface area contributed by atoms with E-state index in [4.69, 9.17) is 5.73 Å². The first-order valence-electron chi connectivity index (χ1n) is 11.5. The summed E-state index contributed by atoms with van der Waals surface area (Å²) in [5, 5.41) is 46.9. The topological polar surface area (TPSA) is 183 Å². The van der Waals surface area contributed by atoms with E-state index in [0.29, 0.717) is 18.7 Å². The van der Waals surface area contributed by atoms with Crippen LogP contribution in [0.15, 0.2) is 53.6 Å². The number of carbonyl (C=O) groups is 3. The first kappa shape index (κ1) is 23.7. The molecule has 7 N–H and O–H groups in total. The Morgan fingerprint density at radius 1 is 1.08 bits per heavy atom. The molecule has 3 atom stereocenters. The van der Waals surface area contributed by atoms with E-state index in [2.05, 4.69) is 10.3 Å². The molecule has 0 radical (unpaired) electrons. The van der Waals surface area contributed by atoms with Gasteiger partial charge in [-0.05, 0) is 53.6 Å². The number of nitrogens with two attached hydrogens (primary N) is 1. The van der Waals surface area contributed by atoms with Gasteiger partial charge in [0.25, 0.3) is 5.91 Å². The van der Waals surface area contributed by atoms with E-state index in [9.17, 15) is 34.8 Å². The summed E-state index contributed by atoms with van der Waals surface area (Å²) in [6.07, 6.45) is 3.42. The van der Waals surface area contributed by atoms with Crippen molar-refractivity contribution in [1.82, 2.24) is 10.3 Å². The molecular formula is C26H25N3O7. The van der Waals surface area contributed by atoms with Crippen LogP contribution in [0, 0.1) is 11.8 Å². The molecule has 1 aromatic carbocycles. The van der Waals surface area contributed by atoms with E-state index in [-0.39, 0.29) is 36.1 Å². The van der Waals surface area contributed by atoms with Gasteiger partial charge >= 0.3 is 0 Å². The molecule has 5 rings (SSSR count). The van der Waals surface area contributed by atoms with Crippen molar-refractivity contribution in [2.75, 3.05) is 0 Å². The molecule has 0 bridgehead atoms. The van der Waals surface area contributed by atoms with Crippen molar-refractivity contribution in [3.63, 3.8) is 0 Å². The highest BCUT2D eigenvalue weighted by atomic mass is 16.3. The highest BCUT2D eigenvalue weighted by Crippen LogP contribution is 2.52. The summed E-state index contributed by atoms with van der Waals surface area (Å²) < 4.78 is 0. The minimum absolute atomic E-state index is 0.0883. The van der Waals surface area contributed by atoms with Gasteiger partial charge in [0.1, 0.15) is 22.8 Å². The fourth-order valence-electron chi connectivity index (χ4n) is 5.69. The van der Waals surface area contributed by atoms with E-state index in [0.717, 1.165) is 11.1 Å². The number of Topliss-reactive ketones (excluding diaryl/α,β-unsaturated/α-hetero) is 2. The summed E-state index contributed by atoms with van der Waals surface area (Å²) in [4.78, 5) is 41.7. The standard InChI is InChI=1S/C26H25N3O7/c27-25(35)21-18(31)9-15-7-14-8-16-13(11-29-10-12-3-5-28-6-4-12)1-2-17(30)20(16)22(32)19(14)23(33)26(15,36)24(21)34/h1-6,14-15,29-30,32,34,36H,7-11H2,(H2,27,35)/t14-,15+,26+/m1/s1. The van der Waals surface area contributed by atoms with Crippen LogP contribution in [0.25, 0.3) is 5.76 Å². The monoisotopic (exact) mass is 491 g/mol. The van der Waals surface area contributed by atoms with Crippen molar-refractivity contribution in [3.8, 4) is 5.75 Å². The summed E-state index contributed by atoms with van der Waals surface area (Å²) in [6.45, 7) is 0.990. The highest BCUT2D eigenvalue weighted by molar-refractivity contribution is 6.22. The second-order valence-electron chi connectivity index (χ2n) is 9.46. The number of rotatable bonds is 5. The van der Waals surface area contributed by atoms with Crippen LogP contribution in [0.3, 0.4) is 0 Å². The van der Waals surface area contributed by atoms with Crippen molar-refractivity contribution < 1.29 is 34.8 Å².